The van der Waals surface area contributed by atoms with E-state index in [1.54, 1.807) is 68.4 Å². The summed E-state index contributed by atoms with van der Waals surface area (Å²) in [6.45, 7) is 3.22. The van der Waals surface area contributed by atoms with E-state index in [0.29, 0.717) is 21.4 Å². The van der Waals surface area contributed by atoms with Crippen molar-refractivity contribution in [2.75, 3.05) is 30.8 Å². The molecule has 0 fully saturated rings. The number of anilines is 1. The van der Waals surface area contributed by atoms with E-state index >= 15 is 0 Å². The molecule has 0 aliphatic rings. The molecule has 1 N–H and O–H groups in total. The van der Waals surface area contributed by atoms with Gasteiger partial charge in [0, 0.05) is 28.5 Å². The number of hydrogen-bond acceptors (Lipinski definition) is 6. The van der Waals surface area contributed by atoms with Crippen LogP contribution in [-0.4, -0.2) is 57.6 Å². The van der Waals surface area contributed by atoms with Gasteiger partial charge < -0.3 is 15.0 Å². The summed E-state index contributed by atoms with van der Waals surface area (Å²) in [7, 11) is -2.76. The second-order valence-corrected chi connectivity index (χ2v) is 12.5. The van der Waals surface area contributed by atoms with Crippen molar-refractivity contribution in [1.29, 1.82) is 0 Å². The van der Waals surface area contributed by atoms with E-state index in [1.807, 2.05) is 6.26 Å². The smallest absolute Gasteiger partial charge is 0.264 e. The average molecular weight is 639 g/mol. The number of hydrogen-bond donors (Lipinski definition) is 1. The fraction of sp³-hybridized carbons (Fsp3) is 0.310. The van der Waals surface area contributed by atoms with Crippen molar-refractivity contribution in [3.63, 3.8) is 0 Å². The number of para-hydroxylation sites is 2. The van der Waals surface area contributed by atoms with Crippen LogP contribution in [0.3, 0.4) is 0 Å². The first-order valence-corrected chi connectivity index (χ1v) is 16.3. The van der Waals surface area contributed by atoms with Crippen LogP contribution in [0.1, 0.15) is 25.8 Å². The fourth-order valence-corrected chi connectivity index (χ4v) is 6.55. The van der Waals surface area contributed by atoms with Gasteiger partial charge >= 0.3 is 0 Å². The molecule has 0 aliphatic heterocycles. The van der Waals surface area contributed by atoms with Crippen molar-refractivity contribution >= 4 is 62.5 Å². The first-order valence-electron chi connectivity index (χ1n) is 12.9. The van der Waals surface area contributed by atoms with E-state index < -0.39 is 28.5 Å². The zero-order valence-electron chi connectivity index (χ0n) is 23.3. The molecule has 3 aromatic carbocycles. The first kappa shape index (κ1) is 32.6. The maximum absolute atomic E-state index is 14.1. The van der Waals surface area contributed by atoms with E-state index in [1.165, 1.54) is 35.8 Å². The molecule has 0 heterocycles. The number of thioether (sulfide) groups is 1. The van der Waals surface area contributed by atoms with Crippen LogP contribution in [0, 0.1) is 0 Å². The van der Waals surface area contributed by atoms with Gasteiger partial charge in [-0.05, 0) is 73.7 Å². The van der Waals surface area contributed by atoms with Crippen LogP contribution in [0.25, 0.3) is 0 Å². The second-order valence-electron chi connectivity index (χ2n) is 8.88. The average Bonchev–Trinajstić information content (AvgIpc) is 2.97. The molecule has 41 heavy (non-hydrogen) atoms. The Balaban J connectivity index is 2.13. The summed E-state index contributed by atoms with van der Waals surface area (Å²) in [5.74, 6) is -0.678. The molecule has 0 radical (unpaired) electrons. The molecule has 2 amide bonds. The monoisotopic (exact) mass is 637 g/mol. The van der Waals surface area contributed by atoms with Gasteiger partial charge in [-0.1, -0.05) is 48.3 Å². The van der Waals surface area contributed by atoms with Crippen molar-refractivity contribution in [1.82, 2.24) is 10.2 Å². The molecule has 3 rings (SSSR count). The molecule has 0 aliphatic carbocycles. The number of likely N-dealkylation sites (N-methyl/N-ethyl adjacent to an activating group) is 1. The van der Waals surface area contributed by atoms with E-state index in [9.17, 15) is 18.0 Å². The van der Waals surface area contributed by atoms with Crippen LogP contribution in [-0.2, 0) is 26.2 Å². The second kappa shape index (κ2) is 14.8. The summed E-state index contributed by atoms with van der Waals surface area (Å²) in [5, 5.41) is 3.34. The lowest BCUT2D eigenvalue weighted by atomic mass is 10.1. The van der Waals surface area contributed by atoms with Crippen LogP contribution >= 0.6 is 35.0 Å². The summed E-state index contributed by atoms with van der Waals surface area (Å²) < 4.78 is 35.0. The van der Waals surface area contributed by atoms with Crippen LogP contribution < -0.4 is 14.4 Å². The zero-order chi connectivity index (χ0) is 30.2. The fourth-order valence-electron chi connectivity index (χ4n) is 4.25. The number of benzene rings is 3. The van der Waals surface area contributed by atoms with Gasteiger partial charge in [-0.2, -0.15) is 0 Å². The molecule has 1 unspecified atom stereocenters. The highest BCUT2D eigenvalue weighted by molar-refractivity contribution is 7.98. The molecule has 0 aromatic heterocycles. The van der Waals surface area contributed by atoms with Crippen LogP contribution in [0.5, 0.6) is 5.75 Å². The number of carbonyl (C=O) groups excluding carboxylic acids is 2. The molecular weight excluding hydrogens is 605 g/mol. The van der Waals surface area contributed by atoms with Gasteiger partial charge in [-0.25, -0.2) is 8.42 Å². The molecule has 0 saturated heterocycles. The number of nitrogens with one attached hydrogen (secondary N) is 1. The van der Waals surface area contributed by atoms with E-state index in [4.69, 9.17) is 27.9 Å². The quantitative estimate of drug-likeness (QED) is 0.236. The highest BCUT2D eigenvalue weighted by atomic mass is 35.5. The van der Waals surface area contributed by atoms with Gasteiger partial charge in [-0.15, -0.1) is 11.8 Å². The molecule has 3 aromatic rings. The van der Waals surface area contributed by atoms with Crippen molar-refractivity contribution in [2.45, 2.75) is 42.6 Å². The molecule has 8 nitrogen and oxygen atoms in total. The minimum absolute atomic E-state index is 0.0139. The highest BCUT2D eigenvalue weighted by Crippen LogP contribution is 2.33. The predicted molar refractivity (Wildman–Crippen MR) is 166 cm³/mol. The van der Waals surface area contributed by atoms with Gasteiger partial charge in [0.25, 0.3) is 10.0 Å². The lowest BCUT2D eigenvalue weighted by molar-refractivity contribution is -0.140. The van der Waals surface area contributed by atoms with Crippen molar-refractivity contribution in [3.05, 3.63) is 82.3 Å². The summed E-state index contributed by atoms with van der Waals surface area (Å²) in [5.41, 5.74) is 0.762. The molecule has 220 valence electrons. The van der Waals surface area contributed by atoms with Crippen LogP contribution in [0.2, 0.25) is 10.0 Å². The maximum atomic E-state index is 14.1. The summed E-state index contributed by atoms with van der Waals surface area (Å²) >= 11 is 14.0. The number of rotatable bonds is 13. The Hall–Kier alpha value is -2.92. The van der Waals surface area contributed by atoms with Gasteiger partial charge in [0.15, 0.2) is 0 Å². The molecule has 0 bridgehead atoms. The normalized spacial score (nSPS) is 12.0. The number of sulfonamides is 1. The molecule has 0 saturated carbocycles. The van der Waals surface area contributed by atoms with Crippen molar-refractivity contribution in [3.8, 4) is 5.75 Å². The number of halogens is 2. The highest BCUT2D eigenvalue weighted by Gasteiger charge is 2.34. The minimum atomic E-state index is -4.24. The lowest BCUT2D eigenvalue weighted by Crippen LogP contribution is -2.51. The largest absolute Gasteiger partial charge is 0.492 e. The topological polar surface area (TPSA) is 96.0 Å². The Labute approximate surface area is 256 Å². The number of nitrogens with zero attached hydrogens (tertiary/aromatic N) is 2. The Morgan fingerprint density at radius 3 is 2.29 bits per heavy atom. The summed E-state index contributed by atoms with van der Waals surface area (Å²) in [6.07, 6.45) is 2.18. The Bertz CT molecular complexity index is 1470. The van der Waals surface area contributed by atoms with Crippen LogP contribution in [0.15, 0.2) is 76.5 Å². The third-order valence-corrected chi connectivity index (χ3v) is 9.45. The zero-order valence-corrected chi connectivity index (χ0v) is 26.4. The van der Waals surface area contributed by atoms with Crippen LogP contribution in [0.4, 0.5) is 5.69 Å². The number of amides is 2. The predicted octanol–water partition coefficient (Wildman–Crippen LogP) is 5.86. The SMILES string of the molecule is CCOc1ccccc1N(CC(=O)N(Cc1ccc(Cl)cc1Cl)C(CC)C(=O)NC)S(=O)(=O)c1ccc(SC)cc1. The maximum Gasteiger partial charge on any atom is 0.264 e. The van der Waals surface area contributed by atoms with Gasteiger partial charge in [0.05, 0.1) is 17.2 Å². The first-order chi connectivity index (χ1) is 19.6. The minimum Gasteiger partial charge on any atom is -0.492 e. The van der Waals surface area contributed by atoms with Gasteiger partial charge in [0.2, 0.25) is 11.8 Å². The third-order valence-electron chi connectivity index (χ3n) is 6.35. The molecular formula is C29H33Cl2N3O5S2. The van der Waals surface area contributed by atoms with Crippen molar-refractivity contribution < 1.29 is 22.7 Å². The Morgan fingerprint density at radius 1 is 1.02 bits per heavy atom. The Morgan fingerprint density at radius 2 is 1.71 bits per heavy atom. The molecule has 1 atom stereocenters. The van der Waals surface area contributed by atoms with E-state index in [2.05, 4.69) is 5.32 Å². The number of ether oxygens (including phenoxy) is 1. The molecule has 12 heteroatoms. The van der Waals surface area contributed by atoms with E-state index in [0.717, 1.165) is 9.20 Å². The number of carbonyl (C=O) groups is 2. The standard InChI is InChI=1S/C29H33Cl2N3O5S2/c1-5-25(29(36)32-3)33(18-20-11-12-21(30)17-24(20)31)28(35)19-34(26-9-7-8-10-27(26)39-6-2)41(37,38)23-15-13-22(40-4)14-16-23/h7-17,25H,5-6,18-19H2,1-4H3,(H,32,36). The lowest BCUT2D eigenvalue weighted by Gasteiger charge is -2.33. The third kappa shape index (κ3) is 7.88. The van der Waals surface area contributed by atoms with Gasteiger partial charge in [0.1, 0.15) is 18.3 Å². The van der Waals surface area contributed by atoms with E-state index in [-0.39, 0.29) is 36.1 Å². The van der Waals surface area contributed by atoms with Crippen molar-refractivity contribution in [2.24, 2.45) is 0 Å². The Kier molecular flexibility index (Phi) is 11.8. The molecule has 0 spiro atoms. The summed E-state index contributed by atoms with van der Waals surface area (Å²) in [6, 6.07) is 17.0. The summed E-state index contributed by atoms with van der Waals surface area (Å²) in [4.78, 5) is 29.2. The van der Waals surface area contributed by atoms with Gasteiger partial charge in [-0.3, -0.25) is 13.9 Å².